The first kappa shape index (κ1) is 14.2. The molecule has 22 heavy (non-hydrogen) atoms. The van der Waals surface area contributed by atoms with E-state index in [0.717, 1.165) is 13.1 Å². The van der Waals surface area contributed by atoms with Crippen LogP contribution in [0.5, 0.6) is 0 Å². The third-order valence-electron chi connectivity index (χ3n) is 3.76. The molecule has 0 aliphatic carbocycles. The Morgan fingerprint density at radius 2 is 1.59 bits per heavy atom. The molecule has 0 aliphatic rings. The fourth-order valence-electron chi connectivity index (χ4n) is 2.80. The number of hydrogen-bond acceptors (Lipinski definition) is 1. The van der Waals surface area contributed by atoms with Crippen molar-refractivity contribution in [3.63, 3.8) is 0 Å². The number of fused-ring (bicyclic) bond motifs is 1. The van der Waals surface area contributed by atoms with Crippen LogP contribution >= 0.6 is 0 Å². The molecule has 110 valence electrons. The largest absolute Gasteiger partial charge is 0.362 e. The zero-order chi connectivity index (χ0) is 15.4. The van der Waals surface area contributed by atoms with Crippen molar-refractivity contribution in [3.05, 3.63) is 86.1 Å². The predicted molar refractivity (Wildman–Crippen MR) is 95.4 cm³/mol. The van der Waals surface area contributed by atoms with Crippen molar-refractivity contribution < 1.29 is 0 Å². The molecule has 2 heteroatoms. The van der Waals surface area contributed by atoms with E-state index in [4.69, 9.17) is 0 Å². The van der Waals surface area contributed by atoms with E-state index in [-0.39, 0.29) is 0 Å². The SMILES string of the molecule is C=CCN(CC=C)c1cc(-c2ccccc2)n2ccccc12. The first-order valence-electron chi connectivity index (χ1n) is 7.47. The zero-order valence-electron chi connectivity index (χ0n) is 12.7. The molecular weight excluding hydrogens is 268 g/mol. The lowest BCUT2D eigenvalue weighted by molar-refractivity contribution is 0.963. The fourth-order valence-corrected chi connectivity index (χ4v) is 2.80. The topological polar surface area (TPSA) is 7.65 Å². The van der Waals surface area contributed by atoms with Gasteiger partial charge in [-0.15, -0.1) is 13.2 Å². The van der Waals surface area contributed by atoms with Gasteiger partial charge in [0.15, 0.2) is 0 Å². The minimum atomic E-state index is 0.800. The van der Waals surface area contributed by atoms with Gasteiger partial charge in [0.25, 0.3) is 0 Å². The summed E-state index contributed by atoms with van der Waals surface area (Å²) >= 11 is 0. The normalized spacial score (nSPS) is 10.5. The van der Waals surface area contributed by atoms with Crippen LogP contribution in [0, 0.1) is 0 Å². The van der Waals surface area contributed by atoms with Crippen molar-refractivity contribution in [2.75, 3.05) is 18.0 Å². The Morgan fingerprint density at radius 1 is 0.909 bits per heavy atom. The lowest BCUT2D eigenvalue weighted by atomic mass is 10.1. The van der Waals surface area contributed by atoms with E-state index in [2.05, 4.69) is 77.2 Å². The molecular formula is C20H20N2. The molecule has 0 saturated carbocycles. The van der Waals surface area contributed by atoms with Crippen LogP contribution in [-0.4, -0.2) is 17.5 Å². The van der Waals surface area contributed by atoms with Crippen molar-refractivity contribution in [2.24, 2.45) is 0 Å². The van der Waals surface area contributed by atoms with E-state index in [9.17, 15) is 0 Å². The predicted octanol–water partition coefficient (Wildman–Crippen LogP) is 4.78. The van der Waals surface area contributed by atoms with Crippen molar-refractivity contribution >= 4 is 11.2 Å². The Bertz CT molecular complexity index is 774. The number of nitrogens with zero attached hydrogens (tertiary/aromatic N) is 2. The first-order valence-corrected chi connectivity index (χ1v) is 7.47. The van der Waals surface area contributed by atoms with Gasteiger partial charge in [0.1, 0.15) is 0 Å². The van der Waals surface area contributed by atoms with Crippen LogP contribution in [0.25, 0.3) is 16.8 Å². The summed E-state index contributed by atoms with van der Waals surface area (Å²) in [6, 6.07) is 19.0. The van der Waals surface area contributed by atoms with Crippen molar-refractivity contribution in [2.45, 2.75) is 0 Å². The summed E-state index contributed by atoms with van der Waals surface area (Å²) in [4.78, 5) is 2.28. The molecule has 0 fully saturated rings. The minimum absolute atomic E-state index is 0.800. The minimum Gasteiger partial charge on any atom is -0.362 e. The Morgan fingerprint density at radius 3 is 2.27 bits per heavy atom. The average Bonchev–Trinajstić information content (AvgIpc) is 2.95. The van der Waals surface area contributed by atoms with Gasteiger partial charge in [0.2, 0.25) is 0 Å². The molecule has 0 spiro atoms. The van der Waals surface area contributed by atoms with Crippen LogP contribution in [-0.2, 0) is 0 Å². The highest BCUT2D eigenvalue weighted by Gasteiger charge is 2.14. The molecule has 0 saturated heterocycles. The van der Waals surface area contributed by atoms with Gasteiger partial charge in [-0.25, -0.2) is 0 Å². The van der Waals surface area contributed by atoms with Gasteiger partial charge in [-0.1, -0.05) is 48.6 Å². The lowest BCUT2D eigenvalue weighted by Crippen LogP contribution is -2.22. The number of rotatable bonds is 6. The van der Waals surface area contributed by atoms with E-state index in [1.165, 1.54) is 22.5 Å². The van der Waals surface area contributed by atoms with Crippen molar-refractivity contribution in [1.82, 2.24) is 4.40 Å². The molecule has 0 N–H and O–H groups in total. The summed E-state index contributed by atoms with van der Waals surface area (Å²) in [5.41, 5.74) is 4.82. The van der Waals surface area contributed by atoms with E-state index < -0.39 is 0 Å². The molecule has 2 heterocycles. The quantitative estimate of drug-likeness (QED) is 0.592. The molecule has 0 atom stereocenters. The molecule has 0 amide bonds. The van der Waals surface area contributed by atoms with Crippen LogP contribution in [0.1, 0.15) is 0 Å². The summed E-state index contributed by atoms with van der Waals surface area (Å²) in [5.74, 6) is 0. The van der Waals surface area contributed by atoms with Gasteiger partial charge < -0.3 is 9.30 Å². The summed E-state index contributed by atoms with van der Waals surface area (Å²) in [6.45, 7) is 9.34. The molecule has 3 rings (SSSR count). The molecule has 0 radical (unpaired) electrons. The van der Waals surface area contributed by atoms with Gasteiger partial charge in [0, 0.05) is 19.3 Å². The van der Waals surface area contributed by atoms with Gasteiger partial charge in [-0.3, -0.25) is 0 Å². The molecule has 2 aromatic heterocycles. The maximum atomic E-state index is 3.87. The first-order chi connectivity index (χ1) is 10.8. The summed E-state index contributed by atoms with van der Waals surface area (Å²) in [6.07, 6.45) is 5.97. The number of hydrogen-bond donors (Lipinski definition) is 0. The third-order valence-corrected chi connectivity index (χ3v) is 3.76. The Hall–Kier alpha value is -2.74. The van der Waals surface area contributed by atoms with Crippen LogP contribution in [0.3, 0.4) is 0 Å². The maximum absolute atomic E-state index is 3.87. The van der Waals surface area contributed by atoms with Gasteiger partial charge in [-0.05, 0) is 23.8 Å². The Kier molecular flexibility index (Phi) is 4.10. The highest BCUT2D eigenvalue weighted by atomic mass is 15.1. The second-order valence-electron chi connectivity index (χ2n) is 5.22. The highest BCUT2D eigenvalue weighted by Crippen LogP contribution is 2.32. The Balaban J connectivity index is 2.19. The zero-order valence-corrected chi connectivity index (χ0v) is 12.7. The van der Waals surface area contributed by atoms with E-state index in [1.54, 1.807) is 0 Å². The second kappa shape index (κ2) is 6.35. The maximum Gasteiger partial charge on any atom is 0.0691 e. The van der Waals surface area contributed by atoms with Crippen molar-refractivity contribution in [3.8, 4) is 11.3 Å². The molecule has 0 aliphatic heterocycles. The summed E-state index contributed by atoms with van der Waals surface area (Å²) in [5, 5.41) is 0. The van der Waals surface area contributed by atoms with Crippen LogP contribution in [0.4, 0.5) is 5.69 Å². The summed E-state index contributed by atoms with van der Waals surface area (Å²) in [7, 11) is 0. The van der Waals surface area contributed by atoms with E-state index in [1.807, 2.05) is 18.2 Å². The van der Waals surface area contributed by atoms with E-state index >= 15 is 0 Å². The van der Waals surface area contributed by atoms with Gasteiger partial charge in [-0.2, -0.15) is 0 Å². The number of pyridine rings is 1. The number of aromatic nitrogens is 1. The molecule has 0 bridgehead atoms. The number of anilines is 1. The smallest absolute Gasteiger partial charge is 0.0691 e. The fraction of sp³-hybridized carbons (Fsp3) is 0.100. The van der Waals surface area contributed by atoms with Crippen LogP contribution < -0.4 is 4.90 Å². The van der Waals surface area contributed by atoms with Crippen LogP contribution in [0.2, 0.25) is 0 Å². The second-order valence-corrected chi connectivity index (χ2v) is 5.22. The van der Waals surface area contributed by atoms with E-state index in [0.29, 0.717) is 0 Å². The van der Waals surface area contributed by atoms with Gasteiger partial charge >= 0.3 is 0 Å². The third kappa shape index (κ3) is 2.56. The van der Waals surface area contributed by atoms with Gasteiger partial charge in [0.05, 0.1) is 16.9 Å². The number of benzene rings is 1. The molecule has 0 unspecified atom stereocenters. The molecule has 1 aromatic carbocycles. The summed E-state index contributed by atoms with van der Waals surface area (Å²) < 4.78 is 2.24. The highest BCUT2D eigenvalue weighted by molar-refractivity contribution is 5.82. The standard InChI is InChI=1S/C20H20N2/c1-3-13-21(14-4-2)20-16-19(17-10-6-5-7-11-17)22-15-9-8-12-18(20)22/h3-12,15-16H,1-2,13-14H2. The average molecular weight is 288 g/mol. The lowest BCUT2D eigenvalue weighted by Gasteiger charge is -2.20. The van der Waals surface area contributed by atoms with Crippen LogP contribution in [0.15, 0.2) is 86.1 Å². The molecule has 3 aromatic rings. The monoisotopic (exact) mass is 288 g/mol. The molecule has 2 nitrogen and oxygen atoms in total. The Labute approximate surface area is 131 Å². The van der Waals surface area contributed by atoms with Crippen molar-refractivity contribution in [1.29, 1.82) is 0 Å².